The summed E-state index contributed by atoms with van der Waals surface area (Å²) in [5.74, 6) is -0.245. The Morgan fingerprint density at radius 1 is 1.50 bits per heavy atom. The van der Waals surface area contributed by atoms with Crippen LogP contribution in [0.5, 0.6) is 0 Å². The number of primary amides is 1. The first-order chi connectivity index (χ1) is 8.45. The molecule has 100 valence electrons. The van der Waals surface area contributed by atoms with Gasteiger partial charge in [0.15, 0.2) is 0 Å². The van der Waals surface area contributed by atoms with E-state index in [9.17, 15) is 9.59 Å². The zero-order valence-corrected chi connectivity index (χ0v) is 10.7. The van der Waals surface area contributed by atoms with Crippen molar-refractivity contribution in [1.82, 2.24) is 5.32 Å². The molecule has 0 spiro atoms. The molecular weight excluding hydrogens is 236 g/mol. The second kappa shape index (κ2) is 6.20. The Kier molecular flexibility index (Phi) is 4.91. The smallest absolute Gasteiger partial charge is 0.341 e. The quantitative estimate of drug-likeness (QED) is 0.727. The van der Waals surface area contributed by atoms with E-state index in [-0.39, 0.29) is 5.92 Å². The minimum absolute atomic E-state index is 0.0811. The van der Waals surface area contributed by atoms with E-state index in [0.29, 0.717) is 17.9 Å². The normalized spacial score (nSPS) is 12.4. The molecule has 1 aromatic rings. The second-order valence-electron chi connectivity index (χ2n) is 4.30. The molecule has 1 unspecified atom stereocenters. The molecule has 0 aromatic carbocycles. The van der Waals surface area contributed by atoms with Crippen molar-refractivity contribution < 1.29 is 18.7 Å². The lowest BCUT2D eigenvalue weighted by atomic mass is 10.0. The third-order valence-corrected chi connectivity index (χ3v) is 2.54. The van der Waals surface area contributed by atoms with Gasteiger partial charge in [0, 0.05) is 0 Å². The molecule has 3 N–H and O–H groups in total. The molecule has 1 aromatic heterocycles. The summed E-state index contributed by atoms with van der Waals surface area (Å²) in [7, 11) is 1.30. The zero-order chi connectivity index (χ0) is 13.7. The van der Waals surface area contributed by atoms with Crippen LogP contribution >= 0.6 is 0 Å². The molecule has 0 saturated carbocycles. The second-order valence-corrected chi connectivity index (χ2v) is 4.30. The van der Waals surface area contributed by atoms with Crippen LogP contribution in [0, 0.1) is 5.92 Å². The molecular formula is C12H18N2O4. The molecule has 0 fully saturated rings. The van der Waals surface area contributed by atoms with Gasteiger partial charge < -0.3 is 14.9 Å². The van der Waals surface area contributed by atoms with Crippen LogP contribution in [-0.2, 0) is 16.1 Å². The van der Waals surface area contributed by atoms with Crippen LogP contribution in [0.3, 0.4) is 0 Å². The molecule has 6 nitrogen and oxygen atoms in total. The first kappa shape index (κ1) is 14.2. The van der Waals surface area contributed by atoms with Gasteiger partial charge in [-0.05, 0) is 12.0 Å². The van der Waals surface area contributed by atoms with Crippen LogP contribution in [-0.4, -0.2) is 25.0 Å². The van der Waals surface area contributed by atoms with Crippen LogP contribution in [0.4, 0.5) is 0 Å². The largest absolute Gasteiger partial charge is 0.467 e. The molecule has 0 aliphatic carbocycles. The number of ether oxygens (including phenoxy) is 1. The molecule has 0 saturated heterocycles. The summed E-state index contributed by atoms with van der Waals surface area (Å²) in [5, 5.41) is 2.98. The van der Waals surface area contributed by atoms with Gasteiger partial charge in [-0.2, -0.15) is 0 Å². The van der Waals surface area contributed by atoms with Gasteiger partial charge in [-0.1, -0.05) is 13.8 Å². The molecule has 0 radical (unpaired) electrons. The highest BCUT2D eigenvalue weighted by molar-refractivity contribution is 5.89. The summed E-state index contributed by atoms with van der Waals surface area (Å²) in [6.45, 7) is 4.11. The average molecular weight is 254 g/mol. The first-order valence-corrected chi connectivity index (χ1v) is 5.64. The van der Waals surface area contributed by atoms with E-state index in [4.69, 9.17) is 10.2 Å². The van der Waals surface area contributed by atoms with Gasteiger partial charge in [0.25, 0.3) is 0 Å². The number of furan rings is 1. The van der Waals surface area contributed by atoms with E-state index >= 15 is 0 Å². The lowest BCUT2D eigenvalue weighted by molar-refractivity contribution is -0.121. The van der Waals surface area contributed by atoms with E-state index in [1.165, 1.54) is 13.4 Å². The van der Waals surface area contributed by atoms with Gasteiger partial charge in [0.05, 0.1) is 25.3 Å². The Morgan fingerprint density at radius 3 is 2.67 bits per heavy atom. The Bertz CT molecular complexity index is 425. The number of rotatable bonds is 6. The van der Waals surface area contributed by atoms with Crippen LogP contribution in [0.2, 0.25) is 0 Å². The Morgan fingerprint density at radius 2 is 2.17 bits per heavy atom. The molecule has 1 rings (SSSR count). The van der Waals surface area contributed by atoms with Crippen molar-refractivity contribution >= 4 is 11.9 Å². The van der Waals surface area contributed by atoms with E-state index in [1.807, 2.05) is 13.8 Å². The maximum Gasteiger partial charge on any atom is 0.341 e. The third kappa shape index (κ3) is 3.59. The summed E-state index contributed by atoms with van der Waals surface area (Å²) >= 11 is 0. The summed E-state index contributed by atoms with van der Waals surface area (Å²) in [4.78, 5) is 22.4. The molecule has 18 heavy (non-hydrogen) atoms. The van der Waals surface area contributed by atoms with Gasteiger partial charge in [0.2, 0.25) is 5.91 Å². The highest BCUT2D eigenvalue weighted by atomic mass is 16.5. The van der Waals surface area contributed by atoms with Crippen molar-refractivity contribution in [3.63, 3.8) is 0 Å². The van der Waals surface area contributed by atoms with Crippen LogP contribution in [0.25, 0.3) is 0 Å². The molecule has 1 amide bonds. The fraction of sp³-hybridized carbons (Fsp3) is 0.500. The number of amides is 1. The molecule has 6 heteroatoms. The fourth-order valence-electron chi connectivity index (χ4n) is 1.57. The number of hydrogen-bond donors (Lipinski definition) is 2. The van der Waals surface area contributed by atoms with Crippen molar-refractivity contribution in [3.8, 4) is 0 Å². The predicted molar refractivity (Wildman–Crippen MR) is 64.7 cm³/mol. The van der Waals surface area contributed by atoms with E-state index < -0.39 is 17.9 Å². The number of methoxy groups -OCH3 is 1. The maximum absolute atomic E-state index is 11.2. The lowest BCUT2D eigenvalue weighted by Gasteiger charge is -2.17. The Hall–Kier alpha value is -1.82. The lowest BCUT2D eigenvalue weighted by Crippen LogP contribution is -2.44. The van der Waals surface area contributed by atoms with Crippen molar-refractivity contribution in [3.05, 3.63) is 23.7 Å². The number of carbonyl (C=O) groups is 2. The third-order valence-electron chi connectivity index (χ3n) is 2.54. The minimum Gasteiger partial charge on any atom is -0.467 e. The number of carbonyl (C=O) groups excluding carboxylic acids is 2. The molecule has 1 heterocycles. The Balaban J connectivity index is 2.60. The average Bonchev–Trinajstić information content (AvgIpc) is 2.76. The summed E-state index contributed by atoms with van der Waals surface area (Å²) < 4.78 is 9.74. The van der Waals surface area contributed by atoms with Crippen LogP contribution < -0.4 is 11.1 Å². The summed E-state index contributed by atoms with van der Waals surface area (Å²) in [6.07, 6.45) is 1.32. The summed E-state index contributed by atoms with van der Waals surface area (Å²) in [5.41, 5.74) is 5.61. The van der Waals surface area contributed by atoms with Crippen LogP contribution in [0.1, 0.15) is 30.0 Å². The molecule has 0 aliphatic rings. The highest BCUT2D eigenvalue weighted by Crippen LogP contribution is 2.10. The van der Waals surface area contributed by atoms with Crippen LogP contribution in [0.15, 0.2) is 16.7 Å². The SMILES string of the molecule is COC(=O)c1coc(CNC(C(N)=O)C(C)C)c1. The van der Waals surface area contributed by atoms with E-state index in [2.05, 4.69) is 10.1 Å². The monoisotopic (exact) mass is 254 g/mol. The van der Waals surface area contributed by atoms with Crippen molar-refractivity contribution in [1.29, 1.82) is 0 Å². The standard InChI is InChI=1S/C12H18N2O4/c1-7(2)10(11(13)15)14-5-9-4-8(6-18-9)12(16)17-3/h4,6-7,10,14H,5H2,1-3H3,(H2,13,15). The van der Waals surface area contributed by atoms with Crippen molar-refractivity contribution in [2.75, 3.05) is 7.11 Å². The minimum atomic E-state index is -0.458. The molecule has 0 aliphatic heterocycles. The zero-order valence-electron chi connectivity index (χ0n) is 10.7. The van der Waals surface area contributed by atoms with E-state index in [1.54, 1.807) is 6.07 Å². The number of nitrogens with one attached hydrogen (secondary N) is 1. The van der Waals surface area contributed by atoms with Gasteiger partial charge in [-0.25, -0.2) is 4.79 Å². The predicted octanol–water partition coefficient (Wildman–Crippen LogP) is 0.666. The van der Waals surface area contributed by atoms with E-state index in [0.717, 1.165) is 0 Å². The fourth-order valence-corrected chi connectivity index (χ4v) is 1.57. The topological polar surface area (TPSA) is 94.6 Å². The highest BCUT2D eigenvalue weighted by Gasteiger charge is 2.19. The number of hydrogen-bond acceptors (Lipinski definition) is 5. The van der Waals surface area contributed by atoms with Crippen molar-refractivity contribution in [2.45, 2.75) is 26.4 Å². The molecule has 0 bridgehead atoms. The number of nitrogens with two attached hydrogens (primary N) is 1. The first-order valence-electron chi connectivity index (χ1n) is 5.64. The number of esters is 1. The van der Waals surface area contributed by atoms with Gasteiger partial charge in [-0.3, -0.25) is 10.1 Å². The van der Waals surface area contributed by atoms with Gasteiger partial charge >= 0.3 is 5.97 Å². The Labute approximate surface area is 105 Å². The maximum atomic E-state index is 11.2. The van der Waals surface area contributed by atoms with Crippen molar-refractivity contribution in [2.24, 2.45) is 11.7 Å². The molecule has 1 atom stereocenters. The summed E-state index contributed by atoms with van der Waals surface area (Å²) in [6, 6.07) is 1.13. The van der Waals surface area contributed by atoms with Gasteiger partial charge in [0.1, 0.15) is 12.0 Å². The van der Waals surface area contributed by atoms with Gasteiger partial charge in [-0.15, -0.1) is 0 Å².